The molecule has 0 aliphatic carbocycles. The maximum Gasteiger partial charge on any atom is 0.221 e. The molecule has 3 nitrogen and oxygen atoms in total. The third-order valence-electron chi connectivity index (χ3n) is 1.16. The van der Waals surface area contributed by atoms with E-state index in [-0.39, 0.29) is 5.91 Å². The lowest BCUT2D eigenvalue weighted by atomic mass is 10.4. The van der Waals surface area contributed by atoms with Gasteiger partial charge in [0.2, 0.25) is 5.91 Å². The molecule has 0 spiro atoms. The standard InChI is InChI=1S/C7H6BrClN2O/c1-4(12)11-5-2-3-10-7(9)6(5)8/h2-3H,1H3,(H,10,11,12). The molecule has 0 saturated carbocycles. The molecule has 0 unspecified atom stereocenters. The first-order valence-electron chi connectivity index (χ1n) is 3.19. The summed E-state index contributed by atoms with van der Waals surface area (Å²) >= 11 is 8.89. The fourth-order valence-electron chi connectivity index (χ4n) is 0.704. The van der Waals surface area contributed by atoms with Gasteiger partial charge < -0.3 is 5.32 Å². The summed E-state index contributed by atoms with van der Waals surface area (Å²) in [5, 5.41) is 2.94. The number of anilines is 1. The molecule has 0 fully saturated rings. The predicted octanol–water partition coefficient (Wildman–Crippen LogP) is 2.46. The van der Waals surface area contributed by atoms with Crippen LogP contribution in [0.25, 0.3) is 0 Å². The number of carbonyl (C=O) groups is 1. The zero-order valence-corrected chi connectivity index (χ0v) is 8.61. The summed E-state index contributed by atoms with van der Waals surface area (Å²) in [6.45, 7) is 1.43. The molecule has 1 heterocycles. The van der Waals surface area contributed by atoms with Gasteiger partial charge in [-0.15, -0.1) is 0 Å². The van der Waals surface area contributed by atoms with Crippen LogP contribution in [0.3, 0.4) is 0 Å². The number of hydrogen-bond acceptors (Lipinski definition) is 2. The van der Waals surface area contributed by atoms with Gasteiger partial charge in [0.15, 0.2) is 0 Å². The number of nitrogens with zero attached hydrogens (tertiary/aromatic N) is 1. The molecule has 64 valence electrons. The van der Waals surface area contributed by atoms with Gasteiger partial charge in [-0.3, -0.25) is 4.79 Å². The zero-order chi connectivity index (χ0) is 9.14. The maximum atomic E-state index is 10.7. The van der Waals surface area contributed by atoms with Crippen molar-refractivity contribution in [2.45, 2.75) is 6.92 Å². The van der Waals surface area contributed by atoms with Gasteiger partial charge in [-0.2, -0.15) is 0 Å². The minimum Gasteiger partial charge on any atom is -0.325 e. The van der Waals surface area contributed by atoms with Crippen molar-refractivity contribution >= 4 is 39.1 Å². The van der Waals surface area contributed by atoms with Gasteiger partial charge in [-0.25, -0.2) is 4.98 Å². The number of rotatable bonds is 1. The first-order valence-corrected chi connectivity index (χ1v) is 4.36. The lowest BCUT2D eigenvalue weighted by molar-refractivity contribution is -0.114. The number of aromatic nitrogens is 1. The molecule has 0 aliphatic rings. The summed E-state index contributed by atoms with van der Waals surface area (Å²) in [7, 11) is 0. The first kappa shape index (κ1) is 9.48. The summed E-state index contributed by atoms with van der Waals surface area (Å²) in [5.74, 6) is -0.141. The van der Waals surface area contributed by atoms with Crippen LogP contribution in [0.5, 0.6) is 0 Å². The maximum absolute atomic E-state index is 10.7. The van der Waals surface area contributed by atoms with E-state index in [2.05, 4.69) is 26.2 Å². The van der Waals surface area contributed by atoms with Gasteiger partial charge >= 0.3 is 0 Å². The van der Waals surface area contributed by atoms with Gasteiger partial charge in [0.25, 0.3) is 0 Å². The van der Waals surface area contributed by atoms with Crippen molar-refractivity contribution in [2.75, 3.05) is 5.32 Å². The van der Waals surface area contributed by atoms with Crippen LogP contribution in [-0.4, -0.2) is 10.9 Å². The minimum absolute atomic E-state index is 0.141. The van der Waals surface area contributed by atoms with Crippen molar-refractivity contribution in [3.8, 4) is 0 Å². The lowest BCUT2D eigenvalue weighted by Gasteiger charge is -2.04. The molecule has 1 aromatic rings. The topological polar surface area (TPSA) is 42.0 Å². The van der Waals surface area contributed by atoms with Gasteiger partial charge in [0.05, 0.1) is 10.2 Å². The molecule has 5 heteroatoms. The van der Waals surface area contributed by atoms with E-state index in [1.807, 2.05) is 0 Å². The van der Waals surface area contributed by atoms with Crippen molar-refractivity contribution < 1.29 is 4.79 Å². The molecule has 0 bridgehead atoms. The summed E-state index contributed by atoms with van der Waals surface area (Å²) in [6, 6.07) is 1.66. The second-order valence-corrected chi connectivity index (χ2v) is 3.30. The molecular formula is C7H6BrClN2O. The molecular weight excluding hydrogens is 243 g/mol. The summed E-state index contributed by atoms with van der Waals surface area (Å²) in [5.41, 5.74) is 0.627. The van der Waals surface area contributed by atoms with E-state index in [0.29, 0.717) is 15.3 Å². The molecule has 0 saturated heterocycles. The van der Waals surface area contributed by atoms with Crippen LogP contribution < -0.4 is 5.32 Å². The highest BCUT2D eigenvalue weighted by atomic mass is 79.9. The van der Waals surface area contributed by atoms with Gasteiger partial charge in [-0.1, -0.05) is 11.6 Å². The molecule has 1 N–H and O–H groups in total. The Morgan fingerprint density at radius 2 is 2.42 bits per heavy atom. The highest BCUT2D eigenvalue weighted by molar-refractivity contribution is 9.10. The van der Waals surface area contributed by atoms with E-state index in [1.54, 1.807) is 6.07 Å². The van der Waals surface area contributed by atoms with Crippen molar-refractivity contribution in [3.63, 3.8) is 0 Å². The first-order chi connectivity index (χ1) is 5.61. The van der Waals surface area contributed by atoms with E-state index in [1.165, 1.54) is 13.1 Å². The lowest BCUT2D eigenvalue weighted by Crippen LogP contribution is -2.06. The largest absolute Gasteiger partial charge is 0.325 e. The average molecular weight is 249 g/mol. The molecule has 0 aromatic carbocycles. The fourth-order valence-corrected chi connectivity index (χ4v) is 1.20. The van der Waals surface area contributed by atoms with Crippen LogP contribution in [0.1, 0.15) is 6.92 Å². The normalized spacial score (nSPS) is 9.58. The van der Waals surface area contributed by atoms with Crippen LogP contribution >= 0.6 is 27.5 Å². The Balaban J connectivity index is 3.00. The molecule has 0 atom stereocenters. The molecule has 1 aromatic heterocycles. The highest BCUT2D eigenvalue weighted by Crippen LogP contribution is 2.27. The van der Waals surface area contributed by atoms with E-state index in [4.69, 9.17) is 11.6 Å². The summed E-state index contributed by atoms with van der Waals surface area (Å²) in [4.78, 5) is 14.5. The third-order valence-corrected chi connectivity index (χ3v) is 2.47. The molecule has 1 rings (SSSR count). The fraction of sp³-hybridized carbons (Fsp3) is 0.143. The predicted molar refractivity (Wildman–Crippen MR) is 51.3 cm³/mol. The SMILES string of the molecule is CC(=O)Nc1ccnc(Cl)c1Br. The monoisotopic (exact) mass is 248 g/mol. The second kappa shape index (κ2) is 3.87. The summed E-state index contributed by atoms with van der Waals surface area (Å²) in [6.07, 6.45) is 1.53. The van der Waals surface area contributed by atoms with Crippen molar-refractivity contribution in [3.05, 3.63) is 21.9 Å². The van der Waals surface area contributed by atoms with Crippen molar-refractivity contribution in [1.29, 1.82) is 0 Å². The van der Waals surface area contributed by atoms with Crippen LogP contribution in [0, 0.1) is 0 Å². The Morgan fingerprint density at radius 1 is 1.75 bits per heavy atom. The van der Waals surface area contributed by atoms with Crippen LogP contribution in [-0.2, 0) is 4.79 Å². The second-order valence-electron chi connectivity index (χ2n) is 2.14. The van der Waals surface area contributed by atoms with Crippen molar-refractivity contribution in [1.82, 2.24) is 4.98 Å². The Morgan fingerprint density at radius 3 is 3.00 bits per heavy atom. The number of pyridine rings is 1. The Labute approximate surface area is 83.3 Å². The number of carbonyl (C=O) groups excluding carboxylic acids is 1. The third kappa shape index (κ3) is 2.19. The van der Waals surface area contributed by atoms with Gasteiger partial charge in [0, 0.05) is 13.1 Å². The minimum atomic E-state index is -0.141. The van der Waals surface area contributed by atoms with Crippen LogP contribution in [0.2, 0.25) is 5.15 Å². The number of hydrogen-bond donors (Lipinski definition) is 1. The quantitative estimate of drug-likeness (QED) is 0.777. The average Bonchev–Trinajstić information content (AvgIpc) is 1.98. The Bertz CT molecular complexity index is 316. The Hall–Kier alpha value is -0.610. The van der Waals surface area contributed by atoms with E-state index in [0.717, 1.165) is 0 Å². The van der Waals surface area contributed by atoms with Crippen LogP contribution in [0.15, 0.2) is 16.7 Å². The van der Waals surface area contributed by atoms with Crippen molar-refractivity contribution in [2.24, 2.45) is 0 Å². The van der Waals surface area contributed by atoms with Crippen LogP contribution in [0.4, 0.5) is 5.69 Å². The molecule has 0 aliphatic heterocycles. The molecule has 12 heavy (non-hydrogen) atoms. The van der Waals surface area contributed by atoms with Gasteiger partial charge in [0.1, 0.15) is 5.15 Å². The molecule has 0 radical (unpaired) electrons. The number of halogens is 2. The van der Waals surface area contributed by atoms with E-state index < -0.39 is 0 Å². The Kier molecular flexibility index (Phi) is 3.05. The number of amides is 1. The van der Waals surface area contributed by atoms with Gasteiger partial charge in [-0.05, 0) is 22.0 Å². The number of nitrogens with one attached hydrogen (secondary N) is 1. The highest BCUT2D eigenvalue weighted by Gasteiger charge is 2.04. The smallest absolute Gasteiger partial charge is 0.221 e. The summed E-state index contributed by atoms with van der Waals surface area (Å²) < 4.78 is 0.599. The zero-order valence-electron chi connectivity index (χ0n) is 6.27. The van der Waals surface area contributed by atoms with E-state index >= 15 is 0 Å². The van der Waals surface area contributed by atoms with E-state index in [9.17, 15) is 4.79 Å². The molecule has 1 amide bonds.